The summed E-state index contributed by atoms with van der Waals surface area (Å²) in [6.07, 6.45) is 0. The summed E-state index contributed by atoms with van der Waals surface area (Å²) >= 11 is 0. The van der Waals surface area contributed by atoms with Gasteiger partial charge in [0.15, 0.2) is 0 Å². The summed E-state index contributed by atoms with van der Waals surface area (Å²) in [6.45, 7) is 4.42. The molecule has 32 valence electrons. The molecular weight excluding hydrogens is 87.5 g/mol. The van der Waals surface area contributed by atoms with Crippen molar-refractivity contribution in [2.75, 3.05) is 0 Å². The third-order valence-electron chi connectivity index (χ3n) is 0. The molecule has 2 heteroatoms. The summed E-state index contributed by atoms with van der Waals surface area (Å²) in [5.74, 6) is -0.0833. The smallest absolute Gasteiger partial charge is 0.0549 e. The first kappa shape index (κ1) is 8.85. The van der Waals surface area contributed by atoms with E-state index in [1.165, 1.54) is 6.92 Å². The van der Waals surface area contributed by atoms with Crippen molar-refractivity contribution in [1.82, 2.24) is 0 Å². The highest BCUT2D eigenvalue weighted by atomic mass is 35.5. The van der Waals surface area contributed by atoms with Crippen LogP contribution in [0.3, 0.4) is 0 Å². The van der Waals surface area contributed by atoms with Crippen LogP contribution >= 0.6 is 12.4 Å². The van der Waals surface area contributed by atoms with Crippen molar-refractivity contribution in [3.8, 4) is 0 Å². The summed E-state index contributed by atoms with van der Waals surface area (Å²) in [7, 11) is 0. The normalized spacial score (nSPS) is 5.00. The first-order valence-electron chi connectivity index (χ1n) is 1.06. The Hall–Kier alpha value is -0.170. The van der Waals surface area contributed by atoms with Crippen LogP contribution in [0.15, 0.2) is 12.3 Å². The third-order valence-corrected chi connectivity index (χ3v) is 0. The lowest BCUT2D eigenvalue weighted by Gasteiger charge is -1.92. The zero-order valence-electron chi connectivity index (χ0n) is 3.02. The van der Waals surface area contributed by atoms with Crippen molar-refractivity contribution >= 4 is 12.4 Å². The van der Waals surface area contributed by atoms with Gasteiger partial charge in [-0.3, -0.25) is 0 Å². The van der Waals surface area contributed by atoms with Crippen LogP contribution in [0.4, 0.5) is 0 Å². The Labute approximate surface area is 37.7 Å². The molecule has 0 rings (SSSR count). The molecule has 0 unspecified atom stereocenters. The molecule has 0 fully saturated rings. The van der Waals surface area contributed by atoms with E-state index in [1.54, 1.807) is 0 Å². The van der Waals surface area contributed by atoms with Gasteiger partial charge in [0.2, 0.25) is 0 Å². The molecule has 0 aliphatic carbocycles. The van der Waals surface area contributed by atoms with E-state index in [-0.39, 0.29) is 18.2 Å². The number of hydrogen-bond acceptors (Lipinski definition) is 1. The summed E-state index contributed by atoms with van der Waals surface area (Å²) < 4.78 is 0. The van der Waals surface area contributed by atoms with Crippen molar-refractivity contribution in [3.63, 3.8) is 0 Å². The lowest BCUT2D eigenvalue weighted by molar-refractivity contribution is -0.300. The molecule has 0 atom stereocenters. The highest BCUT2D eigenvalue weighted by Gasteiger charge is 1.36. The second-order valence-corrected chi connectivity index (χ2v) is 0.702. The second kappa shape index (κ2) is 3.83. The number of halogens is 1. The first-order valence-corrected chi connectivity index (χ1v) is 1.06. The standard InChI is InChI=1S/C3H6O.ClH/c1-3(2)4;/h4H,1H2,2H3;1H/p-1. The molecule has 1 nitrogen and oxygen atoms in total. The summed E-state index contributed by atoms with van der Waals surface area (Å²) in [5, 5.41) is 9.33. The van der Waals surface area contributed by atoms with Gasteiger partial charge in [-0.2, -0.15) is 0 Å². The zero-order valence-corrected chi connectivity index (χ0v) is 3.84. The van der Waals surface area contributed by atoms with Crippen molar-refractivity contribution in [2.45, 2.75) is 6.92 Å². The molecule has 5 heavy (non-hydrogen) atoms. The fourth-order valence-electron chi connectivity index (χ4n) is 0. The summed E-state index contributed by atoms with van der Waals surface area (Å²) in [6, 6.07) is 0. The predicted octanol–water partition coefficient (Wildman–Crippen LogP) is 0.302. The number of rotatable bonds is 0. The van der Waals surface area contributed by atoms with Crippen LogP contribution in [-0.4, -0.2) is 0 Å². The summed E-state index contributed by atoms with van der Waals surface area (Å²) in [4.78, 5) is 0. The van der Waals surface area contributed by atoms with Gasteiger partial charge in [0.1, 0.15) is 0 Å². The molecule has 0 aromatic rings. The fourth-order valence-corrected chi connectivity index (χ4v) is 0. The maximum atomic E-state index is 9.33. The van der Waals surface area contributed by atoms with Crippen molar-refractivity contribution < 1.29 is 5.11 Å². The zero-order chi connectivity index (χ0) is 3.58. The quantitative estimate of drug-likeness (QED) is 0.395. The van der Waals surface area contributed by atoms with E-state index in [4.69, 9.17) is 0 Å². The molecule has 0 aromatic heterocycles. The van der Waals surface area contributed by atoms with E-state index < -0.39 is 0 Å². The van der Waals surface area contributed by atoms with E-state index in [0.717, 1.165) is 0 Å². The van der Waals surface area contributed by atoms with Crippen LogP contribution in [-0.2, 0) is 0 Å². The Balaban J connectivity index is 0. The molecule has 0 aromatic carbocycles. The van der Waals surface area contributed by atoms with E-state index >= 15 is 0 Å². The first-order chi connectivity index (χ1) is 1.73. The highest BCUT2D eigenvalue weighted by Crippen LogP contribution is 1.57. The van der Waals surface area contributed by atoms with Crippen LogP contribution < -0.4 is 5.11 Å². The van der Waals surface area contributed by atoms with Gasteiger partial charge in [-0.05, 0) is 0 Å². The molecule has 0 spiro atoms. The van der Waals surface area contributed by atoms with Crippen LogP contribution in [0.2, 0.25) is 0 Å². The molecule has 0 heterocycles. The van der Waals surface area contributed by atoms with Crippen LogP contribution in [0.1, 0.15) is 6.92 Å². The van der Waals surface area contributed by atoms with Gasteiger partial charge < -0.3 is 5.11 Å². The number of allylic oxidation sites excluding steroid dienone is 1. The predicted molar refractivity (Wildman–Crippen MR) is 22.1 cm³/mol. The summed E-state index contributed by atoms with van der Waals surface area (Å²) in [5.41, 5.74) is 0. The van der Waals surface area contributed by atoms with Gasteiger partial charge >= 0.3 is 0 Å². The number of hydrogen-bond donors (Lipinski definition) is 0. The minimum Gasteiger partial charge on any atom is -0.876 e. The van der Waals surface area contributed by atoms with Crippen LogP contribution in [0.5, 0.6) is 0 Å². The molecule has 0 aliphatic rings. The maximum absolute atomic E-state index is 9.33. The van der Waals surface area contributed by atoms with Gasteiger partial charge in [0.25, 0.3) is 0 Å². The Morgan fingerprint density at radius 2 is 1.80 bits per heavy atom. The molecule has 0 saturated heterocycles. The molecular formula is C3H6ClO-. The van der Waals surface area contributed by atoms with Crippen molar-refractivity contribution in [3.05, 3.63) is 12.3 Å². The Morgan fingerprint density at radius 3 is 1.80 bits per heavy atom. The van der Waals surface area contributed by atoms with Gasteiger partial charge in [-0.25, -0.2) is 0 Å². The van der Waals surface area contributed by atoms with E-state index in [2.05, 4.69) is 6.58 Å². The van der Waals surface area contributed by atoms with Gasteiger partial charge in [0.05, 0.1) is 0 Å². The van der Waals surface area contributed by atoms with E-state index in [1.807, 2.05) is 0 Å². The maximum Gasteiger partial charge on any atom is -0.0549 e. The molecule has 0 N–H and O–H groups in total. The molecule has 0 aliphatic heterocycles. The minimum absolute atomic E-state index is 0. The van der Waals surface area contributed by atoms with E-state index in [9.17, 15) is 5.11 Å². The monoisotopic (exact) mass is 93.0 g/mol. The Bertz CT molecular complexity index is 29.9. The topological polar surface area (TPSA) is 23.1 Å². The fraction of sp³-hybridized carbons (Fsp3) is 0.333. The lowest BCUT2D eigenvalue weighted by atomic mass is 10.7. The Morgan fingerprint density at radius 1 is 1.80 bits per heavy atom. The van der Waals surface area contributed by atoms with E-state index in [0.29, 0.717) is 0 Å². The third kappa shape index (κ3) is 444. The van der Waals surface area contributed by atoms with Gasteiger partial charge in [-0.1, -0.05) is 6.92 Å². The lowest BCUT2D eigenvalue weighted by Crippen LogP contribution is -1.92. The SMILES string of the molecule is C=C(C)[O-].Cl. The molecule has 0 radical (unpaired) electrons. The van der Waals surface area contributed by atoms with Gasteiger partial charge in [0, 0.05) is 0 Å². The average Bonchev–Trinajstić information content (AvgIpc) is 0.811. The molecule has 0 amide bonds. The second-order valence-electron chi connectivity index (χ2n) is 0.702. The van der Waals surface area contributed by atoms with Crippen LogP contribution in [0.25, 0.3) is 0 Å². The molecule has 0 saturated carbocycles. The largest absolute Gasteiger partial charge is 0.876 e. The molecule has 0 bridgehead atoms. The minimum atomic E-state index is -0.0833. The van der Waals surface area contributed by atoms with Crippen molar-refractivity contribution in [1.29, 1.82) is 0 Å². The van der Waals surface area contributed by atoms with Crippen LogP contribution in [0, 0.1) is 0 Å². The van der Waals surface area contributed by atoms with Gasteiger partial charge in [-0.15, -0.1) is 24.7 Å². The average molecular weight is 93.5 g/mol. The van der Waals surface area contributed by atoms with Crippen molar-refractivity contribution in [2.24, 2.45) is 0 Å². The Kier molecular flexibility index (Phi) is 6.78. The highest BCUT2D eigenvalue weighted by molar-refractivity contribution is 5.85.